The van der Waals surface area contributed by atoms with Crippen molar-refractivity contribution in [1.82, 2.24) is 5.32 Å². The normalized spacial score (nSPS) is 17.4. The van der Waals surface area contributed by atoms with Crippen LogP contribution in [0.5, 0.6) is 0 Å². The molecule has 5 heteroatoms. The third-order valence-electron chi connectivity index (χ3n) is 6.87. The van der Waals surface area contributed by atoms with Crippen molar-refractivity contribution >= 4 is 5.91 Å². The topological polar surface area (TPSA) is 56.8 Å². The molecule has 1 fully saturated rings. The molecule has 1 atom stereocenters. The average molecular weight is 496 g/mol. The molecular weight excluding hydrogens is 450 g/mol. The predicted octanol–water partition coefficient (Wildman–Crippen LogP) is 6.90. The van der Waals surface area contributed by atoms with Crippen LogP contribution in [0.2, 0.25) is 0 Å². The highest BCUT2D eigenvalue weighted by Gasteiger charge is 2.42. The molecule has 0 aliphatic carbocycles. The Labute approximate surface area is 217 Å². The summed E-state index contributed by atoms with van der Waals surface area (Å²) in [6.45, 7) is 8.84. The lowest BCUT2D eigenvalue weighted by atomic mass is 9.88. The van der Waals surface area contributed by atoms with Crippen molar-refractivity contribution in [3.63, 3.8) is 0 Å². The maximum Gasteiger partial charge on any atom is 0.217 e. The number of rotatable bonds is 14. The quantitative estimate of drug-likeness (QED) is 0.290. The first-order chi connectivity index (χ1) is 17.3. The van der Waals surface area contributed by atoms with E-state index in [2.05, 4.69) is 48.6 Å². The van der Waals surface area contributed by atoms with E-state index in [0.29, 0.717) is 26.2 Å². The molecule has 1 aliphatic heterocycles. The maximum atomic E-state index is 12.1. The largest absolute Gasteiger partial charge is 0.369 e. The first-order valence-corrected chi connectivity index (χ1v) is 13.6. The van der Waals surface area contributed by atoms with E-state index in [-0.39, 0.29) is 12.0 Å². The van der Waals surface area contributed by atoms with E-state index in [4.69, 9.17) is 14.2 Å². The highest BCUT2D eigenvalue weighted by molar-refractivity contribution is 5.74. The van der Waals surface area contributed by atoms with Crippen molar-refractivity contribution in [1.29, 1.82) is 0 Å². The van der Waals surface area contributed by atoms with Gasteiger partial charge in [0.1, 0.15) is 0 Å². The number of nitrogens with one attached hydrogen (secondary N) is 1. The average Bonchev–Trinajstić information content (AvgIpc) is 2.86. The summed E-state index contributed by atoms with van der Waals surface area (Å²) >= 11 is 0. The van der Waals surface area contributed by atoms with Crippen LogP contribution in [0, 0.1) is 0 Å². The molecule has 0 spiro atoms. The lowest BCUT2D eigenvalue weighted by molar-refractivity contribution is -0.274. The van der Waals surface area contributed by atoms with Gasteiger partial charge in [0.15, 0.2) is 5.79 Å². The van der Waals surface area contributed by atoms with Crippen LogP contribution in [0.15, 0.2) is 54.6 Å². The molecule has 1 unspecified atom stereocenters. The van der Waals surface area contributed by atoms with Crippen LogP contribution in [-0.2, 0) is 32.0 Å². The predicted molar refractivity (Wildman–Crippen MR) is 145 cm³/mol. The number of unbranched alkanes of at least 4 members (excludes halogenated alkanes) is 5. The monoisotopic (exact) mass is 495 g/mol. The van der Waals surface area contributed by atoms with Crippen molar-refractivity contribution in [2.75, 3.05) is 13.2 Å². The van der Waals surface area contributed by atoms with Crippen LogP contribution in [-0.4, -0.2) is 30.4 Å². The standard InChI is InChI=1S/C31H45NO4/c1-5-6-7-8-9-11-14-26-17-19-28(20-18-26)29(34-22-27-15-12-10-13-16-27)21-31(32-25(2)33)23-35-30(3,4)36-24-31/h10,12-13,15-20,29H,5-9,11,14,21-24H2,1-4H3,(H,32,33). The van der Waals surface area contributed by atoms with Gasteiger partial charge in [-0.1, -0.05) is 93.6 Å². The molecule has 1 N–H and O–H groups in total. The Balaban J connectivity index is 1.71. The summed E-state index contributed by atoms with van der Waals surface area (Å²) in [5, 5.41) is 3.12. The molecule has 1 saturated heterocycles. The number of hydrogen-bond donors (Lipinski definition) is 1. The Morgan fingerprint density at radius 3 is 2.19 bits per heavy atom. The second kappa shape index (κ2) is 13.9. The fourth-order valence-corrected chi connectivity index (χ4v) is 4.73. The van der Waals surface area contributed by atoms with E-state index in [1.807, 2.05) is 32.0 Å². The van der Waals surface area contributed by atoms with E-state index in [0.717, 1.165) is 17.5 Å². The number of hydrogen-bond acceptors (Lipinski definition) is 4. The summed E-state index contributed by atoms with van der Waals surface area (Å²) in [6.07, 6.45) is 9.27. The molecule has 0 radical (unpaired) electrons. The van der Waals surface area contributed by atoms with E-state index >= 15 is 0 Å². The molecule has 3 rings (SSSR count). The van der Waals surface area contributed by atoms with Crippen molar-refractivity contribution < 1.29 is 19.0 Å². The Kier molecular flexibility index (Phi) is 11.0. The molecule has 5 nitrogen and oxygen atoms in total. The van der Waals surface area contributed by atoms with E-state index in [1.165, 1.54) is 44.1 Å². The number of amides is 1. The van der Waals surface area contributed by atoms with Crippen molar-refractivity contribution in [2.24, 2.45) is 0 Å². The van der Waals surface area contributed by atoms with Crippen molar-refractivity contribution in [3.8, 4) is 0 Å². The van der Waals surface area contributed by atoms with Gasteiger partial charge in [-0.15, -0.1) is 0 Å². The van der Waals surface area contributed by atoms with E-state index < -0.39 is 11.3 Å². The van der Waals surface area contributed by atoms with Gasteiger partial charge in [-0.25, -0.2) is 0 Å². The van der Waals surface area contributed by atoms with Gasteiger partial charge < -0.3 is 19.5 Å². The van der Waals surface area contributed by atoms with Gasteiger partial charge in [0.25, 0.3) is 0 Å². The smallest absolute Gasteiger partial charge is 0.217 e. The molecule has 36 heavy (non-hydrogen) atoms. The summed E-state index contributed by atoms with van der Waals surface area (Å²) in [5.41, 5.74) is 2.93. The molecule has 0 bridgehead atoms. The first-order valence-electron chi connectivity index (χ1n) is 13.6. The highest BCUT2D eigenvalue weighted by atomic mass is 16.7. The first kappa shape index (κ1) is 28.4. The Hall–Kier alpha value is -2.21. The molecule has 1 amide bonds. The maximum absolute atomic E-state index is 12.1. The second-order valence-electron chi connectivity index (χ2n) is 10.7. The zero-order valence-electron chi connectivity index (χ0n) is 22.7. The molecular formula is C31H45NO4. The number of aryl methyl sites for hydroxylation is 1. The van der Waals surface area contributed by atoms with Crippen LogP contribution in [0.3, 0.4) is 0 Å². The number of carbonyl (C=O) groups excluding carboxylic acids is 1. The minimum Gasteiger partial charge on any atom is -0.369 e. The van der Waals surface area contributed by atoms with Crippen LogP contribution < -0.4 is 5.32 Å². The third-order valence-corrected chi connectivity index (χ3v) is 6.87. The van der Waals surface area contributed by atoms with Gasteiger partial charge in [0, 0.05) is 13.3 Å². The van der Waals surface area contributed by atoms with Gasteiger partial charge >= 0.3 is 0 Å². The van der Waals surface area contributed by atoms with Crippen LogP contribution in [0.4, 0.5) is 0 Å². The summed E-state index contributed by atoms with van der Waals surface area (Å²) in [5.74, 6) is -0.765. The summed E-state index contributed by atoms with van der Waals surface area (Å²) in [7, 11) is 0. The molecule has 0 saturated carbocycles. The van der Waals surface area contributed by atoms with Crippen LogP contribution in [0.1, 0.15) is 95.4 Å². The second-order valence-corrected chi connectivity index (χ2v) is 10.7. The molecule has 2 aromatic rings. The number of ether oxygens (including phenoxy) is 3. The Morgan fingerprint density at radius 2 is 1.56 bits per heavy atom. The minimum atomic E-state index is -0.666. The van der Waals surface area contributed by atoms with Gasteiger partial charge in [-0.2, -0.15) is 0 Å². The van der Waals surface area contributed by atoms with Crippen molar-refractivity contribution in [3.05, 3.63) is 71.3 Å². The van der Waals surface area contributed by atoms with Crippen LogP contribution >= 0.6 is 0 Å². The van der Waals surface area contributed by atoms with Gasteiger partial charge in [-0.3, -0.25) is 4.79 Å². The third kappa shape index (κ3) is 9.34. The molecule has 198 valence electrons. The van der Waals surface area contributed by atoms with Gasteiger partial charge in [-0.05, 0) is 43.4 Å². The summed E-state index contributed by atoms with van der Waals surface area (Å²) in [6, 6.07) is 19.0. The van der Waals surface area contributed by atoms with Crippen LogP contribution in [0.25, 0.3) is 0 Å². The lowest BCUT2D eigenvalue weighted by Crippen LogP contribution is -2.61. The van der Waals surface area contributed by atoms with Gasteiger partial charge in [0.2, 0.25) is 5.91 Å². The SMILES string of the molecule is CCCCCCCCc1ccc(C(CC2(NC(C)=O)COC(C)(C)OC2)OCc2ccccc2)cc1. The Morgan fingerprint density at radius 1 is 0.917 bits per heavy atom. The zero-order valence-corrected chi connectivity index (χ0v) is 22.7. The molecule has 1 heterocycles. The molecule has 2 aromatic carbocycles. The Bertz CT molecular complexity index is 900. The fourth-order valence-electron chi connectivity index (χ4n) is 4.73. The molecule has 1 aliphatic rings. The summed E-state index contributed by atoms with van der Waals surface area (Å²) in [4.78, 5) is 12.1. The van der Waals surface area contributed by atoms with Crippen molar-refractivity contribution in [2.45, 2.75) is 103 Å². The minimum absolute atomic E-state index is 0.0991. The number of benzene rings is 2. The summed E-state index contributed by atoms with van der Waals surface area (Å²) < 4.78 is 18.5. The fraction of sp³-hybridized carbons (Fsp3) is 0.581. The molecule has 0 aromatic heterocycles. The van der Waals surface area contributed by atoms with E-state index in [9.17, 15) is 4.79 Å². The van der Waals surface area contributed by atoms with E-state index in [1.54, 1.807) is 6.92 Å². The van der Waals surface area contributed by atoms with Gasteiger partial charge in [0.05, 0.1) is 31.5 Å². The lowest BCUT2D eigenvalue weighted by Gasteiger charge is -2.45. The highest BCUT2D eigenvalue weighted by Crippen LogP contribution is 2.34. The zero-order chi connectivity index (χ0) is 25.9. The number of carbonyl (C=O) groups is 1.